The molecule has 1 aromatic carbocycles. The van der Waals surface area contributed by atoms with Crippen LogP contribution in [0.15, 0.2) is 53.2 Å². The van der Waals surface area contributed by atoms with Crippen molar-refractivity contribution in [3.63, 3.8) is 0 Å². The standard InChI is InChI=1S/C20H21FN4O2/c21-16-5-3-4-15(10-16)12-25-13-17(11-22-25)23-20(26)19-7-6-18(27-19)14-24-8-1-2-9-24/h3-7,10-11,13H,1-2,8-9,12,14H2,(H,23,26). The number of nitrogens with one attached hydrogen (secondary N) is 1. The van der Waals surface area contributed by atoms with E-state index < -0.39 is 0 Å². The largest absolute Gasteiger partial charge is 0.455 e. The lowest BCUT2D eigenvalue weighted by molar-refractivity contribution is 0.0993. The van der Waals surface area contributed by atoms with Gasteiger partial charge >= 0.3 is 0 Å². The van der Waals surface area contributed by atoms with Gasteiger partial charge in [0, 0.05) is 6.20 Å². The molecule has 0 radical (unpaired) electrons. The summed E-state index contributed by atoms with van der Waals surface area (Å²) in [7, 11) is 0. The first-order valence-electron chi connectivity index (χ1n) is 9.05. The van der Waals surface area contributed by atoms with Crippen molar-refractivity contribution in [3.05, 3.63) is 71.7 Å². The Bertz CT molecular complexity index is 927. The Morgan fingerprint density at radius 1 is 1.19 bits per heavy atom. The number of hydrogen-bond acceptors (Lipinski definition) is 4. The number of likely N-dealkylation sites (tertiary alicyclic amines) is 1. The van der Waals surface area contributed by atoms with E-state index in [1.165, 1.54) is 25.0 Å². The van der Waals surface area contributed by atoms with E-state index in [2.05, 4.69) is 15.3 Å². The summed E-state index contributed by atoms with van der Waals surface area (Å²) in [4.78, 5) is 14.7. The normalized spacial score (nSPS) is 14.6. The minimum absolute atomic E-state index is 0.280. The molecule has 1 aliphatic heterocycles. The van der Waals surface area contributed by atoms with Crippen LogP contribution >= 0.6 is 0 Å². The third-order valence-corrected chi connectivity index (χ3v) is 4.59. The SMILES string of the molecule is O=C(Nc1cnn(Cc2cccc(F)c2)c1)c1ccc(CN2CCCC2)o1. The number of aromatic nitrogens is 2. The van der Waals surface area contributed by atoms with Crippen molar-refractivity contribution < 1.29 is 13.6 Å². The number of hydrogen-bond donors (Lipinski definition) is 1. The smallest absolute Gasteiger partial charge is 0.291 e. The number of benzene rings is 1. The Balaban J connectivity index is 1.35. The van der Waals surface area contributed by atoms with Crippen LogP contribution < -0.4 is 5.32 Å². The lowest BCUT2D eigenvalue weighted by Gasteiger charge is -2.11. The first kappa shape index (κ1) is 17.5. The fourth-order valence-corrected chi connectivity index (χ4v) is 3.28. The molecule has 27 heavy (non-hydrogen) atoms. The highest BCUT2D eigenvalue weighted by molar-refractivity contribution is 6.02. The molecule has 7 heteroatoms. The molecule has 1 N–H and O–H groups in total. The Morgan fingerprint density at radius 2 is 2.04 bits per heavy atom. The number of amides is 1. The van der Waals surface area contributed by atoms with E-state index >= 15 is 0 Å². The molecule has 0 atom stereocenters. The second kappa shape index (κ2) is 7.75. The van der Waals surface area contributed by atoms with Crippen LogP contribution in [0.4, 0.5) is 10.1 Å². The second-order valence-electron chi connectivity index (χ2n) is 6.76. The number of carbonyl (C=O) groups excluding carboxylic acids is 1. The van der Waals surface area contributed by atoms with Crippen molar-refractivity contribution in [2.45, 2.75) is 25.9 Å². The molecule has 1 saturated heterocycles. The van der Waals surface area contributed by atoms with Gasteiger partial charge < -0.3 is 9.73 Å². The fourth-order valence-electron chi connectivity index (χ4n) is 3.28. The van der Waals surface area contributed by atoms with Gasteiger partial charge in [-0.1, -0.05) is 12.1 Å². The molecule has 0 unspecified atom stereocenters. The number of halogens is 1. The summed E-state index contributed by atoms with van der Waals surface area (Å²) in [6, 6.07) is 9.89. The zero-order chi connectivity index (χ0) is 18.6. The minimum atomic E-state index is -0.312. The molecule has 1 aliphatic rings. The van der Waals surface area contributed by atoms with E-state index in [1.54, 1.807) is 29.2 Å². The topological polar surface area (TPSA) is 63.3 Å². The maximum atomic E-state index is 13.3. The van der Waals surface area contributed by atoms with Crippen molar-refractivity contribution in [1.82, 2.24) is 14.7 Å². The maximum absolute atomic E-state index is 13.3. The van der Waals surface area contributed by atoms with E-state index in [1.807, 2.05) is 12.1 Å². The van der Waals surface area contributed by atoms with Crippen molar-refractivity contribution in [2.75, 3.05) is 18.4 Å². The van der Waals surface area contributed by atoms with Gasteiger partial charge in [-0.15, -0.1) is 0 Å². The molecule has 4 rings (SSSR count). The third kappa shape index (κ3) is 4.43. The summed E-state index contributed by atoms with van der Waals surface area (Å²) in [6.07, 6.45) is 5.70. The van der Waals surface area contributed by atoms with Gasteiger partial charge in [-0.3, -0.25) is 14.4 Å². The predicted molar refractivity (Wildman–Crippen MR) is 98.9 cm³/mol. The average molecular weight is 368 g/mol. The highest BCUT2D eigenvalue weighted by atomic mass is 19.1. The third-order valence-electron chi connectivity index (χ3n) is 4.59. The van der Waals surface area contributed by atoms with Crippen LogP contribution in [-0.2, 0) is 13.1 Å². The predicted octanol–water partition coefficient (Wildman–Crippen LogP) is 3.51. The lowest BCUT2D eigenvalue weighted by Crippen LogP contribution is -2.17. The summed E-state index contributed by atoms with van der Waals surface area (Å²) in [5.41, 5.74) is 1.36. The Labute approximate surface area is 156 Å². The number of carbonyl (C=O) groups is 1. The van der Waals surface area contributed by atoms with Crippen molar-refractivity contribution in [1.29, 1.82) is 0 Å². The summed E-state index contributed by atoms with van der Waals surface area (Å²) in [5.74, 6) is 0.481. The van der Waals surface area contributed by atoms with Crippen LogP contribution in [0.25, 0.3) is 0 Å². The lowest BCUT2D eigenvalue weighted by atomic mass is 10.2. The van der Waals surface area contributed by atoms with E-state index in [0.29, 0.717) is 12.2 Å². The van der Waals surface area contributed by atoms with Crippen LogP contribution in [0.2, 0.25) is 0 Å². The van der Waals surface area contributed by atoms with Gasteiger partial charge in [0.1, 0.15) is 11.6 Å². The molecular weight excluding hydrogens is 347 g/mol. The van der Waals surface area contributed by atoms with E-state index in [0.717, 1.165) is 31.0 Å². The number of furan rings is 1. The zero-order valence-corrected chi connectivity index (χ0v) is 14.9. The first-order chi connectivity index (χ1) is 13.2. The van der Waals surface area contributed by atoms with Gasteiger partial charge in [-0.05, 0) is 55.8 Å². The molecule has 0 aliphatic carbocycles. The molecule has 1 fully saturated rings. The van der Waals surface area contributed by atoms with Gasteiger partial charge in [0.25, 0.3) is 5.91 Å². The van der Waals surface area contributed by atoms with E-state index in [9.17, 15) is 9.18 Å². The first-order valence-corrected chi connectivity index (χ1v) is 9.05. The highest BCUT2D eigenvalue weighted by Gasteiger charge is 2.16. The highest BCUT2D eigenvalue weighted by Crippen LogP contribution is 2.16. The van der Waals surface area contributed by atoms with Crippen LogP contribution in [-0.4, -0.2) is 33.7 Å². The van der Waals surface area contributed by atoms with Crippen LogP contribution in [0.5, 0.6) is 0 Å². The van der Waals surface area contributed by atoms with Crippen molar-refractivity contribution in [3.8, 4) is 0 Å². The monoisotopic (exact) mass is 368 g/mol. The molecule has 1 amide bonds. The maximum Gasteiger partial charge on any atom is 0.291 e. The summed E-state index contributed by atoms with van der Waals surface area (Å²) < 4.78 is 20.6. The Hall–Kier alpha value is -2.93. The zero-order valence-electron chi connectivity index (χ0n) is 14.9. The molecule has 2 aromatic heterocycles. The van der Waals surface area contributed by atoms with E-state index in [-0.39, 0.29) is 17.5 Å². The number of anilines is 1. The molecule has 3 heterocycles. The molecule has 0 bridgehead atoms. The van der Waals surface area contributed by atoms with Gasteiger partial charge in [0.05, 0.1) is 25.0 Å². The number of nitrogens with zero attached hydrogens (tertiary/aromatic N) is 3. The van der Waals surface area contributed by atoms with Crippen LogP contribution in [0, 0.1) is 5.82 Å². The Kier molecular flexibility index (Phi) is 5.02. The van der Waals surface area contributed by atoms with Gasteiger partial charge in [0.2, 0.25) is 0 Å². The summed E-state index contributed by atoms with van der Waals surface area (Å²) in [6.45, 7) is 3.31. The quantitative estimate of drug-likeness (QED) is 0.723. The van der Waals surface area contributed by atoms with E-state index in [4.69, 9.17) is 4.42 Å². The minimum Gasteiger partial charge on any atom is -0.455 e. The molecule has 0 spiro atoms. The molecular formula is C20H21FN4O2. The average Bonchev–Trinajstić information content (AvgIpc) is 3.38. The van der Waals surface area contributed by atoms with Crippen LogP contribution in [0.3, 0.4) is 0 Å². The molecule has 0 saturated carbocycles. The molecule has 3 aromatic rings. The van der Waals surface area contributed by atoms with Gasteiger partial charge in [-0.2, -0.15) is 5.10 Å². The van der Waals surface area contributed by atoms with Crippen molar-refractivity contribution >= 4 is 11.6 Å². The van der Waals surface area contributed by atoms with Crippen molar-refractivity contribution in [2.24, 2.45) is 0 Å². The fraction of sp³-hybridized carbons (Fsp3) is 0.300. The van der Waals surface area contributed by atoms with Crippen LogP contribution in [0.1, 0.15) is 34.7 Å². The summed E-state index contributed by atoms with van der Waals surface area (Å²) in [5, 5.41) is 6.98. The summed E-state index contributed by atoms with van der Waals surface area (Å²) >= 11 is 0. The van der Waals surface area contributed by atoms with Gasteiger partial charge in [-0.25, -0.2) is 4.39 Å². The molecule has 6 nitrogen and oxygen atoms in total. The van der Waals surface area contributed by atoms with Gasteiger partial charge in [0.15, 0.2) is 5.76 Å². The molecule has 140 valence electrons. The Morgan fingerprint density at radius 3 is 2.85 bits per heavy atom. The second-order valence-corrected chi connectivity index (χ2v) is 6.76. The number of rotatable bonds is 6.